The van der Waals surface area contributed by atoms with Gasteiger partial charge < -0.3 is 31.9 Å². The zero-order valence-corrected chi connectivity index (χ0v) is 19.0. The molecule has 0 radical (unpaired) electrons. The van der Waals surface area contributed by atoms with Crippen molar-refractivity contribution in [2.75, 3.05) is 86.3 Å². The number of nitrogens with zero attached hydrogens (tertiary/aromatic N) is 3. The molecular weight excluding hydrogens is 388 g/mol. The van der Waals surface area contributed by atoms with E-state index in [-0.39, 0.29) is 0 Å². The Morgan fingerprint density at radius 1 is 0.839 bits per heavy atom. The number of quaternary nitrogens is 1. The summed E-state index contributed by atoms with van der Waals surface area (Å²) in [6.45, 7) is 3.69. The fourth-order valence-corrected chi connectivity index (χ4v) is 3.78. The molecule has 0 saturated carbocycles. The van der Waals surface area contributed by atoms with Gasteiger partial charge in [0, 0.05) is 39.6 Å². The van der Waals surface area contributed by atoms with Crippen LogP contribution >= 0.6 is 0 Å². The normalized spacial score (nSPS) is 13.9. The largest absolute Gasteiger partial charge is 0.397 e. The van der Waals surface area contributed by atoms with Crippen molar-refractivity contribution in [3.8, 4) is 0 Å². The lowest BCUT2D eigenvalue weighted by molar-refractivity contribution is -0.785. The summed E-state index contributed by atoms with van der Waals surface area (Å²) in [5.74, 6) is 0. The Morgan fingerprint density at radius 2 is 1.32 bits per heavy atom. The number of anilines is 6. The second kappa shape index (κ2) is 9.61. The van der Waals surface area contributed by atoms with E-state index in [2.05, 4.69) is 64.2 Å². The summed E-state index contributed by atoms with van der Waals surface area (Å²) in [5.41, 5.74) is 17.9. The summed E-state index contributed by atoms with van der Waals surface area (Å²) in [6.07, 6.45) is 6.39. The van der Waals surface area contributed by atoms with Crippen molar-refractivity contribution in [3.63, 3.8) is 0 Å². The van der Waals surface area contributed by atoms with E-state index in [1.165, 1.54) is 0 Å². The van der Waals surface area contributed by atoms with Crippen LogP contribution in [-0.2, 0) is 0 Å². The first-order valence-electron chi connectivity index (χ1n) is 10.6. The third kappa shape index (κ3) is 5.21. The lowest BCUT2D eigenvalue weighted by atomic mass is 10.2. The Labute approximate surface area is 185 Å². The fraction of sp³-hybridized carbons (Fsp3) is 0.348. The van der Waals surface area contributed by atoms with Crippen LogP contribution in [0.5, 0.6) is 0 Å². The number of hydrogen-bond acceptors (Lipinski definition) is 6. The van der Waals surface area contributed by atoms with Crippen LogP contribution in [0.2, 0.25) is 0 Å². The highest BCUT2D eigenvalue weighted by molar-refractivity contribution is 5.72. The molecule has 2 aromatic rings. The molecule has 31 heavy (non-hydrogen) atoms. The molecule has 0 spiro atoms. The van der Waals surface area contributed by atoms with Gasteiger partial charge in [-0.1, -0.05) is 0 Å². The summed E-state index contributed by atoms with van der Waals surface area (Å²) in [6, 6.07) is 12.3. The maximum atomic E-state index is 6.14. The van der Waals surface area contributed by atoms with Gasteiger partial charge >= 0.3 is 6.34 Å². The summed E-state index contributed by atoms with van der Waals surface area (Å²) in [4.78, 5) is 7.76. The Bertz CT molecular complexity index is 875. The smallest absolute Gasteiger partial charge is 0.335 e. The van der Waals surface area contributed by atoms with Gasteiger partial charge in [-0.15, -0.1) is 0 Å². The zero-order chi connectivity index (χ0) is 22.4. The van der Waals surface area contributed by atoms with E-state index < -0.39 is 0 Å². The molecule has 2 aromatic carbocycles. The Morgan fingerprint density at radius 3 is 1.68 bits per heavy atom. The average molecular weight is 425 g/mol. The van der Waals surface area contributed by atoms with Gasteiger partial charge in [-0.2, -0.15) is 4.99 Å². The van der Waals surface area contributed by atoms with Crippen LogP contribution in [0, 0.1) is 0 Å². The van der Waals surface area contributed by atoms with Crippen molar-refractivity contribution in [2.45, 2.75) is 0 Å². The molecule has 0 bridgehead atoms. The summed E-state index contributed by atoms with van der Waals surface area (Å²) >= 11 is 0. The summed E-state index contributed by atoms with van der Waals surface area (Å²) in [7, 11) is 7.98. The lowest BCUT2D eigenvalue weighted by Gasteiger charge is -2.30. The first-order valence-corrected chi connectivity index (χ1v) is 10.6. The van der Waals surface area contributed by atoms with Gasteiger partial charge in [0.1, 0.15) is 13.1 Å². The Kier molecular flexibility index (Phi) is 6.91. The second-order valence-electron chi connectivity index (χ2n) is 8.05. The molecule has 0 aliphatic carbocycles. The average Bonchev–Trinajstić information content (AvgIpc) is 3.25. The first-order chi connectivity index (χ1) is 14.9. The monoisotopic (exact) mass is 424 g/mol. The number of rotatable bonds is 10. The fourth-order valence-electron chi connectivity index (χ4n) is 3.78. The van der Waals surface area contributed by atoms with Crippen molar-refractivity contribution >= 4 is 40.5 Å². The van der Waals surface area contributed by atoms with Crippen molar-refractivity contribution < 1.29 is 9.48 Å². The molecular formula is C23H36N8+2. The number of nitrogens with one attached hydrogen (secondary N) is 3. The van der Waals surface area contributed by atoms with E-state index >= 15 is 0 Å². The van der Waals surface area contributed by atoms with E-state index in [1.54, 1.807) is 0 Å². The molecule has 3 rings (SSSR count). The highest BCUT2D eigenvalue weighted by atomic mass is 15.4. The quantitative estimate of drug-likeness (QED) is 0.288. The van der Waals surface area contributed by atoms with Crippen LogP contribution in [0.3, 0.4) is 0 Å². The van der Waals surface area contributed by atoms with Gasteiger partial charge in [0.25, 0.3) is 0 Å². The lowest BCUT2D eigenvalue weighted by Crippen LogP contribution is -2.64. The maximum Gasteiger partial charge on any atom is 0.335 e. The van der Waals surface area contributed by atoms with Crippen LogP contribution in [0.1, 0.15) is 0 Å². The molecule has 1 aliphatic rings. The molecule has 0 atom stereocenters. The van der Waals surface area contributed by atoms with Gasteiger partial charge in [-0.3, -0.25) is 0 Å². The third-order valence-electron chi connectivity index (χ3n) is 5.99. The summed E-state index contributed by atoms with van der Waals surface area (Å²) < 4.78 is 0.767. The minimum Gasteiger partial charge on any atom is -0.397 e. The molecule has 166 valence electrons. The third-order valence-corrected chi connectivity index (χ3v) is 5.99. The molecule has 0 aromatic heterocycles. The minimum absolute atomic E-state index is 0.759. The second-order valence-corrected chi connectivity index (χ2v) is 8.05. The van der Waals surface area contributed by atoms with Gasteiger partial charge in [0.05, 0.1) is 35.8 Å². The Balaban J connectivity index is 1.62. The molecule has 1 heterocycles. The minimum atomic E-state index is 0.759. The Hall–Kier alpha value is -3.39. The van der Waals surface area contributed by atoms with E-state index in [1.807, 2.05) is 44.6 Å². The molecule has 0 saturated heterocycles. The van der Waals surface area contributed by atoms with E-state index in [0.717, 1.165) is 64.8 Å². The van der Waals surface area contributed by atoms with Crippen LogP contribution in [0.15, 0.2) is 48.8 Å². The van der Waals surface area contributed by atoms with Crippen molar-refractivity contribution in [3.05, 3.63) is 48.8 Å². The molecule has 7 N–H and O–H groups in total. The van der Waals surface area contributed by atoms with Crippen LogP contribution in [0.25, 0.3) is 0 Å². The van der Waals surface area contributed by atoms with Crippen molar-refractivity contribution in [1.29, 1.82) is 0 Å². The van der Waals surface area contributed by atoms with Gasteiger partial charge in [0.2, 0.25) is 6.20 Å². The molecule has 8 heteroatoms. The molecule has 0 unspecified atom stereocenters. The number of hydrogen-bond donors (Lipinski definition) is 5. The highest BCUT2D eigenvalue weighted by Gasteiger charge is 2.31. The predicted molar refractivity (Wildman–Crippen MR) is 134 cm³/mol. The number of nitrogen functional groups attached to an aromatic ring is 2. The highest BCUT2D eigenvalue weighted by Crippen LogP contribution is 2.26. The number of likely N-dealkylation sites (N-methyl/N-ethyl adjacent to an activating group) is 2. The van der Waals surface area contributed by atoms with Gasteiger partial charge in [-0.05, 0) is 36.4 Å². The SMILES string of the molecule is CNc1ccc(N(C)CC[N+]2(CCN(C)c3ccc(NC)c(N)c3)C=C[NH+]=C2)cc1N. The van der Waals surface area contributed by atoms with Crippen molar-refractivity contribution in [2.24, 2.45) is 0 Å². The van der Waals surface area contributed by atoms with Gasteiger partial charge in [0.15, 0.2) is 6.20 Å². The molecule has 0 amide bonds. The van der Waals surface area contributed by atoms with E-state index in [9.17, 15) is 0 Å². The zero-order valence-electron chi connectivity index (χ0n) is 19.0. The van der Waals surface area contributed by atoms with E-state index in [0.29, 0.717) is 0 Å². The van der Waals surface area contributed by atoms with Crippen molar-refractivity contribution in [1.82, 2.24) is 0 Å². The maximum absolute atomic E-state index is 6.14. The number of nitrogens with two attached hydrogens (primary N) is 2. The number of benzene rings is 2. The molecule has 0 fully saturated rings. The van der Waals surface area contributed by atoms with Crippen LogP contribution in [-0.4, -0.2) is 65.2 Å². The topological polar surface area (TPSA) is 96.5 Å². The molecule has 1 aliphatic heterocycles. The van der Waals surface area contributed by atoms with Gasteiger partial charge in [-0.25, -0.2) is 4.48 Å². The summed E-state index contributed by atoms with van der Waals surface area (Å²) in [5, 5.41) is 6.22. The molecule has 8 nitrogen and oxygen atoms in total. The first kappa shape index (κ1) is 22.3. The van der Waals surface area contributed by atoms with E-state index in [4.69, 9.17) is 11.5 Å². The predicted octanol–water partition coefficient (Wildman–Crippen LogP) is 0.918. The van der Waals surface area contributed by atoms with Crippen LogP contribution in [0.4, 0.5) is 34.1 Å². The standard InChI is InChI=1S/C23H35N8/c1-26-22-7-5-18(15-20(22)24)29(3)10-13-31(12-9-28-17-31)14-11-30(4)19-6-8-23(27-2)21(25)16-19/h5-9,12,15-17,26-27H,10-11,13-14,24-25H2,1-4H3/q+1/p+1. The van der Waals surface area contributed by atoms with Crippen LogP contribution < -0.4 is 36.9 Å².